The Balaban J connectivity index is 2.15. The molecule has 0 bridgehead atoms. The third kappa shape index (κ3) is 4.10. The first kappa shape index (κ1) is 16.6. The first-order valence-corrected chi connectivity index (χ1v) is 8.54. The summed E-state index contributed by atoms with van der Waals surface area (Å²) in [6, 6.07) is 5.79. The number of hydrogen-bond acceptors (Lipinski definition) is 2. The van der Waals surface area contributed by atoms with Crippen LogP contribution in [0.5, 0.6) is 0 Å². The maximum atomic E-state index is 6.23. The van der Waals surface area contributed by atoms with E-state index in [0.29, 0.717) is 15.4 Å². The first-order valence-electron chi connectivity index (χ1n) is 7.76. The van der Waals surface area contributed by atoms with Gasteiger partial charge in [0.2, 0.25) is 0 Å². The summed E-state index contributed by atoms with van der Waals surface area (Å²) in [5.74, 6) is 0.722. The highest BCUT2D eigenvalue weighted by Gasteiger charge is 2.34. The number of halogens is 1. The molecular weight excluding hydrogens is 300 g/mol. The van der Waals surface area contributed by atoms with Crippen LogP contribution in [0.25, 0.3) is 0 Å². The van der Waals surface area contributed by atoms with E-state index >= 15 is 0 Å². The smallest absolute Gasteiger partial charge is 0.107 e. The van der Waals surface area contributed by atoms with Crippen molar-refractivity contribution in [1.29, 1.82) is 0 Å². The molecule has 1 aliphatic rings. The number of thiocarbonyl (C=S) groups is 1. The molecule has 0 radical (unpaired) electrons. The summed E-state index contributed by atoms with van der Waals surface area (Å²) in [7, 11) is 0. The second-order valence-electron chi connectivity index (χ2n) is 6.69. The number of benzene rings is 1. The van der Waals surface area contributed by atoms with Crippen LogP contribution in [0.4, 0.5) is 5.69 Å². The normalized spacial score (nSPS) is 17.1. The lowest BCUT2D eigenvalue weighted by Crippen LogP contribution is -2.29. The van der Waals surface area contributed by atoms with Gasteiger partial charge in [-0.2, -0.15) is 0 Å². The van der Waals surface area contributed by atoms with Crippen LogP contribution in [0, 0.1) is 11.3 Å². The van der Waals surface area contributed by atoms with Crippen LogP contribution in [0.15, 0.2) is 18.2 Å². The molecule has 2 nitrogen and oxygen atoms in total. The molecule has 2 rings (SSSR count). The van der Waals surface area contributed by atoms with Gasteiger partial charge in [0.1, 0.15) is 4.99 Å². The Kier molecular flexibility index (Phi) is 5.50. The minimum atomic E-state index is 0.354. The number of nitrogens with one attached hydrogen (secondary N) is 1. The summed E-state index contributed by atoms with van der Waals surface area (Å²) in [6.45, 7) is 5.58. The lowest BCUT2D eigenvalue weighted by atomic mass is 9.78. The Morgan fingerprint density at radius 3 is 2.62 bits per heavy atom. The summed E-state index contributed by atoms with van der Waals surface area (Å²) in [6.07, 6.45) is 6.56. The molecule has 0 saturated heterocycles. The van der Waals surface area contributed by atoms with Crippen LogP contribution < -0.4 is 11.1 Å². The molecule has 0 heterocycles. The number of hydrogen-bond donors (Lipinski definition) is 2. The molecule has 1 saturated carbocycles. The minimum Gasteiger partial charge on any atom is -0.389 e. The molecule has 0 aromatic heterocycles. The van der Waals surface area contributed by atoms with E-state index in [2.05, 4.69) is 19.2 Å². The zero-order chi connectivity index (χ0) is 15.5. The predicted molar refractivity (Wildman–Crippen MR) is 96.2 cm³/mol. The van der Waals surface area contributed by atoms with Gasteiger partial charge in [0.25, 0.3) is 0 Å². The fraction of sp³-hybridized carbons (Fsp3) is 0.588. The van der Waals surface area contributed by atoms with Gasteiger partial charge in [0, 0.05) is 12.2 Å². The van der Waals surface area contributed by atoms with E-state index < -0.39 is 0 Å². The van der Waals surface area contributed by atoms with E-state index in [1.54, 1.807) is 0 Å². The van der Waals surface area contributed by atoms with Gasteiger partial charge in [-0.25, -0.2) is 0 Å². The molecule has 116 valence electrons. The highest BCUT2D eigenvalue weighted by atomic mass is 35.5. The number of anilines is 1. The van der Waals surface area contributed by atoms with Crippen LogP contribution in [-0.2, 0) is 0 Å². The molecule has 1 aliphatic carbocycles. The highest BCUT2D eigenvalue weighted by Crippen LogP contribution is 2.43. The molecule has 21 heavy (non-hydrogen) atoms. The Labute approximate surface area is 138 Å². The van der Waals surface area contributed by atoms with Crippen molar-refractivity contribution in [1.82, 2.24) is 0 Å². The third-order valence-electron chi connectivity index (χ3n) is 4.42. The maximum absolute atomic E-state index is 6.23. The van der Waals surface area contributed by atoms with Gasteiger partial charge in [-0.1, -0.05) is 56.6 Å². The summed E-state index contributed by atoms with van der Waals surface area (Å²) >= 11 is 11.4. The molecular formula is C17H25ClN2S. The molecule has 0 unspecified atom stereocenters. The molecule has 1 aromatic rings. The zero-order valence-electron chi connectivity index (χ0n) is 12.9. The zero-order valence-corrected chi connectivity index (χ0v) is 14.5. The molecule has 1 aromatic carbocycles. The van der Waals surface area contributed by atoms with Crippen LogP contribution in [0.1, 0.15) is 51.5 Å². The van der Waals surface area contributed by atoms with E-state index in [4.69, 9.17) is 29.6 Å². The molecule has 0 spiro atoms. The lowest BCUT2D eigenvalue weighted by molar-refractivity contribution is 0.252. The topological polar surface area (TPSA) is 38.0 Å². The van der Waals surface area contributed by atoms with Gasteiger partial charge in [0.15, 0.2) is 0 Å². The largest absolute Gasteiger partial charge is 0.389 e. The van der Waals surface area contributed by atoms with Gasteiger partial charge in [-0.05, 0) is 42.7 Å². The van der Waals surface area contributed by atoms with Crippen LogP contribution in [0.2, 0.25) is 5.02 Å². The number of nitrogens with two attached hydrogens (primary N) is 1. The van der Waals surface area contributed by atoms with Crippen molar-refractivity contribution in [2.45, 2.75) is 46.0 Å². The van der Waals surface area contributed by atoms with E-state index in [0.717, 1.165) is 23.7 Å². The fourth-order valence-corrected chi connectivity index (χ4v) is 4.20. The van der Waals surface area contributed by atoms with Gasteiger partial charge in [-0.3, -0.25) is 0 Å². The molecule has 0 amide bonds. The molecule has 0 atom stereocenters. The average Bonchev–Trinajstić information content (AvgIpc) is 2.84. The molecule has 1 fully saturated rings. The third-order valence-corrected chi connectivity index (χ3v) is 4.94. The molecule has 3 N–H and O–H groups in total. The fourth-order valence-electron chi connectivity index (χ4n) is 3.65. The second kappa shape index (κ2) is 6.97. The maximum Gasteiger partial charge on any atom is 0.107 e. The van der Waals surface area contributed by atoms with E-state index in [9.17, 15) is 0 Å². The predicted octanol–water partition coefficient (Wildman–Crippen LogP) is 4.99. The quantitative estimate of drug-likeness (QED) is 0.724. The molecule has 4 heteroatoms. The standard InChI is InChI=1S/C17H25ClN2S/c1-12(2)10-17(8-3-4-9-17)11-20-14-7-5-6-13(18)15(14)16(19)21/h5-7,12,20H,3-4,8-11H2,1-2H3,(H2,19,21). The van der Waals surface area contributed by atoms with Crippen molar-refractivity contribution < 1.29 is 0 Å². The SMILES string of the molecule is CC(C)CC1(CNc2cccc(Cl)c2C(N)=S)CCCC1. The Morgan fingerprint density at radius 1 is 1.38 bits per heavy atom. The first-order chi connectivity index (χ1) is 9.93. The highest BCUT2D eigenvalue weighted by molar-refractivity contribution is 7.80. The van der Waals surface area contributed by atoms with Crippen molar-refractivity contribution in [2.24, 2.45) is 17.1 Å². The molecule has 0 aliphatic heterocycles. The summed E-state index contributed by atoms with van der Waals surface area (Å²) in [4.78, 5) is 0.354. The van der Waals surface area contributed by atoms with Gasteiger partial charge in [0.05, 0.1) is 10.6 Å². The Bertz CT molecular complexity index is 508. The van der Waals surface area contributed by atoms with Crippen molar-refractivity contribution >= 4 is 34.5 Å². The minimum absolute atomic E-state index is 0.354. The van der Waals surface area contributed by atoms with Crippen molar-refractivity contribution in [3.8, 4) is 0 Å². The van der Waals surface area contributed by atoms with Gasteiger partial charge in [-0.15, -0.1) is 0 Å². The van der Waals surface area contributed by atoms with E-state index in [1.807, 2.05) is 18.2 Å². The second-order valence-corrected chi connectivity index (χ2v) is 7.53. The van der Waals surface area contributed by atoms with Crippen LogP contribution >= 0.6 is 23.8 Å². The monoisotopic (exact) mass is 324 g/mol. The van der Waals surface area contributed by atoms with Crippen LogP contribution in [0.3, 0.4) is 0 Å². The summed E-state index contributed by atoms with van der Waals surface area (Å²) < 4.78 is 0. The Hall–Kier alpha value is -0.800. The Morgan fingerprint density at radius 2 is 2.05 bits per heavy atom. The summed E-state index contributed by atoms with van der Waals surface area (Å²) in [5.41, 5.74) is 7.96. The van der Waals surface area contributed by atoms with E-state index in [1.165, 1.54) is 32.1 Å². The number of rotatable bonds is 6. The van der Waals surface area contributed by atoms with Crippen LogP contribution in [-0.4, -0.2) is 11.5 Å². The van der Waals surface area contributed by atoms with Crippen molar-refractivity contribution in [3.05, 3.63) is 28.8 Å². The average molecular weight is 325 g/mol. The summed E-state index contributed by atoms with van der Waals surface area (Å²) in [5, 5.41) is 4.19. The van der Waals surface area contributed by atoms with Gasteiger partial charge < -0.3 is 11.1 Å². The van der Waals surface area contributed by atoms with Crippen molar-refractivity contribution in [2.75, 3.05) is 11.9 Å². The van der Waals surface area contributed by atoms with Gasteiger partial charge >= 0.3 is 0 Å². The van der Waals surface area contributed by atoms with Crippen molar-refractivity contribution in [3.63, 3.8) is 0 Å². The van der Waals surface area contributed by atoms with E-state index in [-0.39, 0.29) is 0 Å². The lowest BCUT2D eigenvalue weighted by Gasteiger charge is -2.32.